The Morgan fingerprint density at radius 3 is 2.57 bits per heavy atom. The largest absolute Gasteiger partial charge is 0.330 e. The number of benzene rings is 1. The molecule has 0 radical (unpaired) electrons. The average molecular weight is 492 g/mol. The van der Waals surface area contributed by atoms with Crippen LogP contribution in [-0.2, 0) is 18.8 Å². The second kappa shape index (κ2) is 9.14. The highest BCUT2D eigenvalue weighted by Crippen LogP contribution is 2.46. The third kappa shape index (κ3) is 4.35. The van der Waals surface area contributed by atoms with Crippen molar-refractivity contribution < 1.29 is 0 Å². The SMILES string of the molecule is CCCCn1c(CSc2nnc(C3CC3)n2C2CC2)nc2c1c(=O)[nH]c(=O)n2Cc1ccccc1. The van der Waals surface area contributed by atoms with Gasteiger partial charge < -0.3 is 9.13 Å². The Bertz CT molecular complexity index is 1480. The number of hydrogen-bond acceptors (Lipinski definition) is 6. The van der Waals surface area contributed by atoms with E-state index in [1.54, 1.807) is 16.3 Å². The van der Waals surface area contributed by atoms with Gasteiger partial charge in [0.1, 0.15) is 11.6 Å². The van der Waals surface area contributed by atoms with Crippen molar-refractivity contribution in [1.29, 1.82) is 0 Å². The molecule has 2 fully saturated rings. The first-order valence-electron chi connectivity index (χ1n) is 12.5. The summed E-state index contributed by atoms with van der Waals surface area (Å²) in [5.41, 5.74) is 1.07. The number of aryl methyl sites for hydroxylation is 1. The van der Waals surface area contributed by atoms with Crippen molar-refractivity contribution in [3.63, 3.8) is 0 Å². The molecule has 0 spiro atoms. The average Bonchev–Trinajstić information content (AvgIpc) is 3.80. The second-order valence-electron chi connectivity index (χ2n) is 9.54. The van der Waals surface area contributed by atoms with Gasteiger partial charge in [-0.3, -0.25) is 14.3 Å². The maximum absolute atomic E-state index is 12.9. The van der Waals surface area contributed by atoms with Crippen LogP contribution >= 0.6 is 11.8 Å². The molecule has 3 heterocycles. The summed E-state index contributed by atoms with van der Waals surface area (Å²) in [4.78, 5) is 33.1. The maximum Gasteiger partial charge on any atom is 0.330 e. The van der Waals surface area contributed by atoms with Gasteiger partial charge in [-0.2, -0.15) is 0 Å². The molecule has 9 nitrogen and oxygen atoms in total. The molecule has 0 bridgehead atoms. The van der Waals surface area contributed by atoms with Crippen LogP contribution in [0.3, 0.4) is 0 Å². The summed E-state index contributed by atoms with van der Waals surface area (Å²) in [6, 6.07) is 10.3. The molecule has 10 heteroatoms. The Labute approximate surface area is 206 Å². The van der Waals surface area contributed by atoms with Crippen molar-refractivity contribution in [1.82, 2.24) is 33.9 Å². The molecule has 4 aromatic rings. The molecule has 0 amide bonds. The lowest BCUT2D eigenvalue weighted by Crippen LogP contribution is -2.31. The summed E-state index contributed by atoms with van der Waals surface area (Å²) < 4.78 is 5.89. The molecule has 6 rings (SSSR count). The number of nitrogens with one attached hydrogen (secondary N) is 1. The fourth-order valence-electron chi connectivity index (χ4n) is 4.61. The lowest BCUT2D eigenvalue weighted by molar-refractivity contribution is 0.620. The molecule has 2 aliphatic carbocycles. The first-order chi connectivity index (χ1) is 17.1. The molecular weight excluding hydrogens is 462 g/mol. The number of fused-ring (bicyclic) bond motifs is 1. The lowest BCUT2D eigenvalue weighted by atomic mass is 10.2. The number of aromatic nitrogens is 7. The van der Waals surface area contributed by atoms with E-state index in [1.807, 2.05) is 34.9 Å². The number of thioether (sulfide) groups is 1. The fraction of sp³-hybridized carbons (Fsp3) is 0.480. The van der Waals surface area contributed by atoms with Crippen molar-refractivity contribution >= 4 is 22.9 Å². The molecule has 35 heavy (non-hydrogen) atoms. The Morgan fingerprint density at radius 1 is 1.06 bits per heavy atom. The molecule has 0 atom stereocenters. The highest BCUT2D eigenvalue weighted by Gasteiger charge is 2.36. The summed E-state index contributed by atoms with van der Waals surface area (Å²) in [5, 5.41) is 9.97. The summed E-state index contributed by atoms with van der Waals surface area (Å²) >= 11 is 1.62. The zero-order valence-electron chi connectivity index (χ0n) is 19.8. The zero-order valence-corrected chi connectivity index (χ0v) is 20.6. The summed E-state index contributed by atoms with van der Waals surface area (Å²) in [7, 11) is 0. The molecule has 2 saturated carbocycles. The molecule has 1 N–H and O–H groups in total. The Kier molecular flexibility index (Phi) is 5.83. The van der Waals surface area contributed by atoms with Crippen LogP contribution in [0, 0.1) is 0 Å². The normalized spacial score (nSPS) is 15.8. The van der Waals surface area contributed by atoms with Crippen LogP contribution in [0.15, 0.2) is 45.1 Å². The molecule has 0 unspecified atom stereocenters. The van der Waals surface area contributed by atoms with Crippen LogP contribution in [0.5, 0.6) is 0 Å². The van der Waals surface area contributed by atoms with E-state index in [0.717, 1.165) is 35.2 Å². The van der Waals surface area contributed by atoms with Gasteiger partial charge in [0.25, 0.3) is 5.56 Å². The van der Waals surface area contributed by atoms with Gasteiger partial charge in [-0.15, -0.1) is 10.2 Å². The molecule has 182 valence electrons. The lowest BCUT2D eigenvalue weighted by Gasteiger charge is -2.10. The highest BCUT2D eigenvalue weighted by atomic mass is 32.2. The molecule has 0 saturated heterocycles. The first kappa shape index (κ1) is 22.3. The summed E-state index contributed by atoms with van der Waals surface area (Å²) in [6.07, 6.45) is 6.68. The van der Waals surface area contributed by atoms with Crippen LogP contribution in [-0.4, -0.2) is 33.9 Å². The number of imidazole rings is 1. The van der Waals surface area contributed by atoms with Crippen LogP contribution in [0.2, 0.25) is 0 Å². The fourth-order valence-corrected chi connectivity index (χ4v) is 5.57. The van der Waals surface area contributed by atoms with Crippen molar-refractivity contribution in [3.8, 4) is 0 Å². The third-order valence-electron chi connectivity index (χ3n) is 6.76. The topological polar surface area (TPSA) is 103 Å². The minimum Gasteiger partial charge on any atom is -0.321 e. The van der Waals surface area contributed by atoms with E-state index >= 15 is 0 Å². The first-order valence-corrected chi connectivity index (χ1v) is 13.5. The van der Waals surface area contributed by atoms with Crippen LogP contribution < -0.4 is 11.2 Å². The van der Waals surface area contributed by atoms with Gasteiger partial charge in [0.2, 0.25) is 0 Å². The van der Waals surface area contributed by atoms with Crippen molar-refractivity contribution in [2.24, 2.45) is 0 Å². The number of aromatic amines is 1. The Hall–Kier alpha value is -3.14. The van der Waals surface area contributed by atoms with E-state index in [-0.39, 0.29) is 5.56 Å². The van der Waals surface area contributed by atoms with Crippen LogP contribution in [0.4, 0.5) is 0 Å². The third-order valence-corrected chi connectivity index (χ3v) is 7.70. The van der Waals surface area contributed by atoms with Crippen molar-refractivity contribution in [2.75, 3.05) is 0 Å². The standard InChI is InChI=1S/C25H29N7O2S/c1-2-3-13-30-19(15-35-25-29-28-21(17-9-10-17)32(25)18-11-12-18)26-22-20(30)23(33)27-24(34)31(22)14-16-7-5-4-6-8-16/h4-8,17-18H,2-3,9-15H2,1H3,(H,27,33,34). The van der Waals surface area contributed by atoms with Gasteiger partial charge in [0.15, 0.2) is 16.3 Å². The molecular formula is C25H29N7O2S. The molecule has 0 aliphatic heterocycles. The van der Waals surface area contributed by atoms with E-state index in [1.165, 1.54) is 25.7 Å². The van der Waals surface area contributed by atoms with Crippen LogP contribution in [0.1, 0.15) is 74.6 Å². The van der Waals surface area contributed by atoms with Gasteiger partial charge in [-0.1, -0.05) is 55.4 Å². The number of rotatable bonds is 10. The number of nitrogens with zero attached hydrogens (tertiary/aromatic N) is 6. The minimum atomic E-state index is -0.437. The van der Waals surface area contributed by atoms with E-state index in [0.29, 0.717) is 42.0 Å². The Balaban J connectivity index is 1.39. The Morgan fingerprint density at radius 2 is 1.86 bits per heavy atom. The molecule has 2 aliphatic rings. The van der Waals surface area contributed by atoms with Crippen LogP contribution in [0.25, 0.3) is 11.2 Å². The van der Waals surface area contributed by atoms with Gasteiger partial charge in [-0.25, -0.2) is 9.78 Å². The van der Waals surface area contributed by atoms with Gasteiger partial charge in [0.05, 0.1) is 12.3 Å². The summed E-state index contributed by atoms with van der Waals surface area (Å²) in [5.74, 6) is 3.03. The van der Waals surface area contributed by atoms with E-state index < -0.39 is 5.69 Å². The van der Waals surface area contributed by atoms with Gasteiger partial charge >= 0.3 is 5.69 Å². The monoisotopic (exact) mass is 491 g/mol. The van der Waals surface area contributed by atoms with E-state index in [2.05, 4.69) is 26.7 Å². The highest BCUT2D eigenvalue weighted by molar-refractivity contribution is 7.98. The number of H-pyrrole nitrogens is 1. The maximum atomic E-state index is 12.9. The summed E-state index contributed by atoms with van der Waals surface area (Å²) in [6.45, 7) is 3.16. The predicted molar refractivity (Wildman–Crippen MR) is 135 cm³/mol. The van der Waals surface area contributed by atoms with Crippen molar-refractivity contribution in [3.05, 3.63) is 68.4 Å². The number of hydrogen-bond donors (Lipinski definition) is 1. The van der Waals surface area contributed by atoms with Gasteiger partial charge in [-0.05, 0) is 37.7 Å². The minimum absolute atomic E-state index is 0.352. The zero-order chi connectivity index (χ0) is 23.9. The van der Waals surface area contributed by atoms with Crippen molar-refractivity contribution in [2.45, 2.75) is 81.4 Å². The molecule has 1 aromatic carbocycles. The molecule has 3 aromatic heterocycles. The van der Waals surface area contributed by atoms with E-state index in [9.17, 15) is 9.59 Å². The van der Waals surface area contributed by atoms with Gasteiger partial charge in [0, 0.05) is 18.5 Å². The smallest absolute Gasteiger partial charge is 0.321 e. The number of unbranched alkanes of at least 4 members (excludes halogenated alkanes) is 1. The quantitative estimate of drug-likeness (QED) is 0.338. The second-order valence-corrected chi connectivity index (χ2v) is 10.5. The van der Waals surface area contributed by atoms with E-state index in [4.69, 9.17) is 4.98 Å². The predicted octanol–water partition coefficient (Wildman–Crippen LogP) is 3.83.